The zero-order chi connectivity index (χ0) is 20.4. The van der Waals surface area contributed by atoms with E-state index in [1.54, 1.807) is 0 Å². The highest BCUT2D eigenvalue weighted by Gasteiger charge is 2.29. The van der Waals surface area contributed by atoms with Crippen molar-refractivity contribution >= 4 is 11.6 Å². The van der Waals surface area contributed by atoms with Crippen molar-refractivity contribution in [2.24, 2.45) is 0 Å². The van der Waals surface area contributed by atoms with Gasteiger partial charge < -0.3 is 9.73 Å². The highest BCUT2D eigenvalue weighted by atomic mass is 16.3. The predicted molar refractivity (Wildman–Crippen MR) is 113 cm³/mol. The zero-order valence-corrected chi connectivity index (χ0v) is 17.3. The first-order valence-electron chi connectivity index (χ1n) is 10.2. The Morgan fingerprint density at radius 3 is 2.59 bits per heavy atom. The van der Waals surface area contributed by atoms with Gasteiger partial charge in [0, 0.05) is 11.4 Å². The van der Waals surface area contributed by atoms with Gasteiger partial charge in [0.15, 0.2) is 0 Å². The summed E-state index contributed by atoms with van der Waals surface area (Å²) in [7, 11) is 0. The molecule has 1 aliphatic heterocycles. The second-order valence-electron chi connectivity index (χ2n) is 7.87. The maximum Gasteiger partial charge on any atom is 0.241 e. The minimum atomic E-state index is -0.134. The number of amides is 1. The van der Waals surface area contributed by atoms with Crippen LogP contribution in [-0.2, 0) is 11.3 Å². The number of carbonyl (C=O) groups excluding carboxylic acids is 1. The number of aromatic nitrogens is 2. The Labute approximate surface area is 171 Å². The normalized spacial score (nSPS) is 17.4. The third kappa shape index (κ3) is 4.43. The molecule has 3 heterocycles. The van der Waals surface area contributed by atoms with E-state index in [-0.39, 0.29) is 11.9 Å². The van der Waals surface area contributed by atoms with Crippen LogP contribution in [0, 0.1) is 20.8 Å². The summed E-state index contributed by atoms with van der Waals surface area (Å²) in [4.78, 5) is 15.2. The number of hydrogen-bond donors (Lipinski definition) is 1. The van der Waals surface area contributed by atoms with Gasteiger partial charge in [-0.25, -0.2) is 4.68 Å². The summed E-state index contributed by atoms with van der Waals surface area (Å²) in [5.41, 5.74) is 3.87. The van der Waals surface area contributed by atoms with E-state index in [9.17, 15) is 4.79 Å². The van der Waals surface area contributed by atoms with E-state index in [0.717, 1.165) is 60.1 Å². The largest absolute Gasteiger partial charge is 0.465 e. The van der Waals surface area contributed by atoms with Crippen molar-refractivity contribution in [2.45, 2.75) is 52.6 Å². The fourth-order valence-corrected chi connectivity index (χ4v) is 4.05. The molecule has 29 heavy (non-hydrogen) atoms. The van der Waals surface area contributed by atoms with Crippen molar-refractivity contribution in [1.29, 1.82) is 0 Å². The van der Waals surface area contributed by atoms with Gasteiger partial charge in [-0.1, -0.05) is 6.42 Å². The zero-order valence-electron chi connectivity index (χ0n) is 17.3. The highest BCUT2D eigenvalue weighted by Crippen LogP contribution is 2.23. The average molecular weight is 393 g/mol. The molecule has 1 atom stereocenters. The summed E-state index contributed by atoms with van der Waals surface area (Å²) in [6.45, 7) is 7.54. The van der Waals surface area contributed by atoms with E-state index in [0.29, 0.717) is 6.54 Å². The van der Waals surface area contributed by atoms with Gasteiger partial charge in [0.05, 0.1) is 24.0 Å². The molecule has 2 aromatic heterocycles. The van der Waals surface area contributed by atoms with Crippen LogP contribution in [0.15, 0.2) is 46.9 Å². The Kier molecular flexibility index (Phi) is 5.53. The fourth-order valence-electron chi connectivity index (χ4n) is 4.05. The monoisotopic (exact) mass is 392 g/mol. The molecule has 152 valence electrons. The standard InChI is InChI=1S/C23H28N4O2/c1-16-14-17(2)27(25-16)20-10-8-19(9-11-20)24-23(28)22-6-4-5-13-26(22)15-21-12-7-18(3)29-21/h7-12,14,22H,4-6,13,15H2,1-3H3,(H,24,28)/t22-/m1/s1. The van der Waals surface area contributed by atoms with Gasteiger partial charge in [0.2, 0.25) is 5.91 Å². The second kappa shape index (κ2) is 8.25. The van der Waals surface area contributed by atoms with Gasteiger partial charge >= 0.3 is 0 Å². The molecule has 4 rings (SSSR count). The third-order valence-corrected chi connectivity index (χ3v) is 5.46. The number of hydrogen-bond acceptors (Lipinski definition) is 4. The number of furan rings is 1. The number of likely N-dealkylation sites (tertiary alicyclic amines) is 1. The van der Waals surface area contributed by atoms with Crippen LogP contribution >= 0.6 is 0 Å². The van der Waals surface area contributed by atoms with Crippen LogP contribution in [0.2, 0.25) is 0 Å². The lowest BCUT2D eigenvalue weighted by molar-refractivity contribution is -0.122. The third-order valence-electron chi connectivity index (χ3n) is 5.46. The Morgan fingerprint density at radius 1 is 1.14 bits per heavy atom. The van der Waals surface area contributed by atoms with Crippen LogP contribution in [0.4, 0.5) is 5.69 Å². The second-order valence-corrected chi connectivity index (χ2v) is 7.87. The SMILES string of the molecule is Cc1cc(C)n(-c2ccc(NC(=O)[C@H]3CCCCN3Cc3ccc(C)o3)cc2)n1. The van der Waals surface area contributed by atoms with E-state index < -0.39 is 0 Å². The molecule has 0 aliphatic carbocycles. The van der Waals surface area contributed by atoms with Crippen LogP contribution < -0.4 is 5.32 Å². The fraction of sp³-hybridized carbons (Fsp3) is 0.391. The molecule has 6 nitrogen and oxygen atoms in total. The van der Waals surface area contributed by atoms with E-state index in [4.69, 9.17) is 4.42 Å². The number of rotatable bonds is 5. The Hall–Kier alpha value is -2.86. The number of anilines is 1. The number of benzene rings is 1. The van der Waals surface area contributed by atoms with Crippen LogP contribution in [0.1, 0.15) is 42.2 Å². The smallest absolute Gasteiger partial charge is 0.241 e. The first-order chi connectivity index (χ1) is 14.0. The van der Waals surface area contributed by atoms with E-state index in [1.807, 2.05) is 67.9 Å². The summed E-state index contributed by atoms with van der Waals surface area (Å²) in [5.74, 6) is 1.86. The Bertz CT molecular complexity index is 987. The number of aryl methyl sites for hydroxylation is 3. The lowest BCUT2D eigenvalue weighted by Gasteiger charge is -2.34. The lowest BCUT2D eigenvalue weighted by atomic mass is 10.0. The lowest BCUT2D eigenvalue weighted by Crippen LogP contribution is -2.46. The summed E-state index contributed by atoms with van der Waals surface area (Å²) < 4.78 is 7.63. The van der Waals surface area contributed by atoms with Crippen LogP contribution in [0.3, 0.4) is 0 Å². The molecule has 1 N–H and O–H groups in total. The summed E-state index contributed by atoms with van der Waals surface area (Å²) in [6.07, 6.45) is 3.05. The molecular weight excluding hydrogens is 364 g/mol. The van der Waals surface area contributed by atoms with Gasteiger partial charge in [0.1, 0.15) is 11.5 Å². The Balaban J connectivity index is 1.43. The molecule has 1 fully saturated rings. The summed E-state index contributed by atoms with van der Waals surface area (Å²) in [6, 6.07) is 13.7. The van der Waals surface area contributed by atoms with Crippen molar-refractivity contribution in [1.82, 2.24) is 14.7 Å². The van der Waals surface area contributed by atoms with Gasteiger partial charge in [-0.3, -0.25) is 9.69 Å². The molecule has 1 saturated heterocycles. The van der Waals surface area contributed by atoms with Gasteiger partial charge in [-0.2, -0.15) is 5.10 Å². The first-order valence-corrected chi connectivity index (χ1v) is 10.2. The van der Waals surface area contributed by atoms with Gasteiger partial charge in [0.25, 0.3) is 0 Å². The van der Waals surface area contributed by atoms with Crippen molar-refractivity contribution in [3.63, 3.8) is 0 Å². The molecular formula is C23H28N4O2. The maximum absolute atomic E-state index is 13.0. The number of piperidine rings is 1. The molecule has 1 aromatic carbocycles. The minimum Gasteiger partial charge on any atom is -0.465 e. The highest BCUT2D eigenvalue weighted by molar-refractivity contribution is 5.95. The number of nitrogens with zero attached hydrogens (tertiary/aromatic N) is 3. The van der Waals surface area contributed by atoms with E-state index in [1.165, 1.54) is 0 Å². The molecule has 1 amide bonds. The number of carbonyl (C=O) groups is 1. The van der Waals surface area contributed by atoms with Gasteiger partial charge in [-0.15, -0.1) is 0 Å². The molecule has 3 aromatic rings. The van der Waals surface area contributed by atoms with Crippen molar-refractivity contribution in [3.05, 3.63) is 65.4 Å². The molecule has 0 bridgehead atoms. The predicted octanol–water partition coefficient (Wildman–Crippen LogP) is 4.38. The first kappa shape index (κ1) is 19.5. The Morgan fingerprint density at radius 2 is 1.93 bits per heavy atom. The summed E-state index contributed by atoms with van der Waals surface area (Å²) >= 11 is 0. The van der Waals surface area contributed by atoms with E-state index in [2.05, 4.69) is 15.3 Å². The van der Waals surface area contributed by atoms with Crippen molar-refractivity contribution < 1.29 is 9.21 Å². The van der Waals surface area contributed by atoms with Gasteiger partial charge in [-0.05, 0) is 82.6 Å². The molecule has 0 spiro atoms. The summed E-state index contributed by atoms with van der Waals surface area (Å²) in [5, 5.41) is 7.60. The van der Waals surface area contributed by atoms with Crippen molar-refractivity contribution in [2.75, 3.05) is 11.9 Å². The molecule has 6 heteroatoms. The topological polar surface area (TPSA) is 63.3 Å². The quantitative estimate of drug-likeness (QED) is 0.700. The van der Waals surface area contributed by atoms with E-state index >= 15 is 0 Å². The molecule has 0 radical (unpaired) electrons. The molecule has 1 aliphatic rings. The maximum atomic E-state index is 13.0. The number of nitrogens with one attached hydrogen (secondary N) is 1. The van der Waals surface area contributed by atoms with Crippen molar-refractivity contribution in [3.8, 4) is 5.69 Å². The molecule has 0 unspecified atom stereocenters. The average Bonchev–Trinajstić information content (AvgIpc) is 3.27. The van der Waals surface area contributed by atoms with Crippen LogP contribution in [0.5, 0.6) is 0 Å². The molecule has 0 saturated carbocycles. The van der Waals surface area contributed by atoms with Crippen LogP contribution in [0.25, 0.3) is 5.69 Å². The minimum absolute atomic E-state index is 0.0480. The van der Waals surface area contributed by atoms with Crippen LogP contribution in [-0.4, -0.2) is 33.2 Å².